The number of halogens is 1. The van der Waals surface area contributed by atoms with Crippen LogP contribution in [0.5, 0.6) is 0 Å². The van der Waals surface area contributed by atoms with Crippen LogP contribution in [0.3, 0.4) is 0 Å². The van der Waals surface area contributed by atoms with Gasteiger partial charge in [-0.15, -0.1) is 0 Å². The van der Waals surface area contributed by atoms with Crippen LogP contribution >= 0.6 is 11.6 Å². The Bertz CT molecular complexity index is 687. The van der Waals surface area contributed by atoms with Crippen LogP contribution in [-0.2, 0) is 19.1 Å². The number of nitrogens with zero attached hydrogens (tertiary/aromatic N) is 1. The molecule has 122 valence electrons. The van der Waals surface area contributed by atoms with Gasteiger partial charge in [-0.3, -0.25) is 9.59 Å². The van der Waals surface area contributed by atoms with Crippen LogP contribution in [0.2, 0.25) is 5.02 Å². The van der Waals surface area contributed by atoms with E-state index in [1.54, 1.807) is 25.1 Å². The maximum Gasteiger partial charge on any atom is 0.355 e. The lowest BCUT2D eigenvalue weighted by Crippen LogP contribution is -2.35. The largest absolute Gasteiger partial charge is 0.448 e. The van der Waals surface area contributed by atoms with Gasteiger partial charge in [-0.2, -0.15) is 5.10 Å². The second kappa shape index (κ2) is 7.23. The smallest absolute Gasteiger partial charge is 0.355 e. The van der Waals surface area contributed by atoms with E-state index < -0.39 is 18.0 Å². The highest BCUT2D eigenvalue weighted by Gasteiger charge is 2.24. The fourth-order valence-corrected chi connectivity index (χ4v) is 2.06. The van der Waals surface area contributed by atoms with Crippen molar-refractivity contribution in [1.29, 1.82) is 0 Å². The summed E-state index contributed by atoms with van der Waals surface area (Å²) in [5.74, 6) is -1.47. The standard InChI is InChI=1S/C15H16ClN3O4/c1-8-10(16)4-3-5-11(8)17-14(21)9(2)23-15(22)12-6-7-13(20)19-18-12/h3-5,9H,6-7H2,1-2H3,(H,17,21)(H,19,20)/t9-/m0/s1. The molecule has 0 radical (unpaired) electrons. The summed E-state index contributed by atoms with van der Waals surface area (Å²) in [5.41, 5.74) is 3.56. The van der Waals surface area contributed by atoms with E-state index in [4.69, 9.17) is 16.3 Å². The quantitative estimate of drug-likeness (QED) is 0.818. The minimum Gasteiger partial charge on any atom is -0.448 e. The first-order valence-corrected chi connectivity index (χ1v) is 7.38. The van der Waals surface area contributed by atoms with Crippen molar-refractivity contribution in [2.45, 2.75) is 32.8 Å². The molecule has 7 nitrogen and oxygen atoms in total. The maximum atomic E-state index is 12.1. The number of carbonyl (C=O) groups is 3. The van der Waals surface area contributed by atoms with E-state index in [1.165, 1.54) is 6.92 Å². The van der Waals surface area contributed by atoms with Crippen LogP contribution in [0.25, 0.3) is 0 Å². The molecule has 0 unspecified atom stereocenters. The minimum atomic E-state index is -1.01. The first kappa shape index (κ1) is 17.0. The van der Waals surface area contributed by atoms with Crippen molar-refractivity contribution in [3.8, 4) is 0 Å². The summed E-state index contributed by atoms with van der Waals surface area (Å²) in [4.78, 5) is 35.0. The Morgan fingerprint density at radius 2 is 2.13 bits per heavy atom. The molecule has 0 aromatic heterocycles. The van der Waals surface area contributed by atoms with E-state index in [9.17, 15) is 14.4 Å². The number of anilines is 1. The minimum absolute atomic E-state index is 0.0863. The number of ether oxygens (including phenoxy) is 1. The zero-order valence-electron chi connectivity index (χ0n) is 12.7. The summed E-state index contributed by atoms with van der Waals surface area (Å²) in [6, 6.07) is 5.13. The van der Waals surface area contributed by atoms with Crippen LogP contribution in [0.15, 0.2) is 23.3 Å². The summed E-state index contributed by atoms with van der Waals surface area (Å²) in [6.45, 7) is 3.23. The molecule has 1 heterocycles. The number of amides is 2. The number of hydrogen-bond donors (Lipinski definition) is 2. The van der Waals surface area contributed by atoms with Crippen molar-refractivity contribution in [2.24, 2.45) is 5.10 Å². The molecule has 0 aliphatic carbocycles. The molecule has 1 aromatic rings. The lowest BCUT2D eigenvalue weighted by Gasteiger charge is -2.16. The highest BCUT2D eigenvalue weighted by molar-refractivity contribution is 6.37. The maximum absolute atomic E-state index is 12.1. The molecule has 0 saturated heterocycles. The summed E-state index contributed by atoms with van der Waals surface area (Å²) < 4.78 is 5.06. The lowest BCUT2D eigenvalue weighted by atomic mass is 10.2. The van der Waals surface area contributed by atoms with Crippen molar-refractivity contribution in [3.63, 3.8) is 0 Å². The monoisotopic (exact) mass is 337 g/mol. The third-order valence-corrected chi connectivity index (χ3v) is 3.73. The average Bonchev–Trinajstić information content (AvgIpc) is 2.52. The highest BCUT2D eigenvalue weighted by atomic mass is 35.5. The summed E-state index contributed by atoms with van der Waals surface area (Å²) >= 11 is 5.99. The predicted molar refractivity (Wildman–Crippen MR) is 85.2 cm³/mol. The molecule has 0 fully saturated rings. The zero-order chi connectivity index (χ0) is 17.0. The van der Waals surface area contributed by atoms with Crippen molar-refractivity contribution in [1.82, 2.24) is 5.43 Å². The van der Waals surface area contributed by atoms with E-state index in [2.05, 4.69) is 15.8 Å². The van der Waals surface area contributed by atoms with Gasteiger partial charge in [0.15, 0.2) is 6.10 Å². The molecular formula is C15H16ClN3O4. The predicted octanol–water partition coefficient (Wildman–Crippen LogP) is 1.78. The topological polar surface area (TPSA) is 96.9 Å². The fraction of sp³-hybridized carbons (Fsp3) is 0.333. The first-order valence-electron chi connectivity index (χ1n) is 7.01. The van der Waals surface area contributed by atoms with Crippen LogP contribution in [0.1, 0.15) is 25.3 Å². The number of carbonyl (C=O) groups excluding carboxylic acids is 3. The Kier molecular flexibility index (Phi) is 5.33. The fourth-order valence-electron chi connectivity index (χ4n) is 1.88. The van der Waals surface area contributed by atoms with Gasteiger partial charge in [0, 0.05) is 23.6 Å². The van der Waals surface area contributed by atoms with Crippen molar-refractivity contribution < 1.29 is 19.1 Å². The molecule has 2 rings (SSSR count). The first-order chi connectivity index (χ1) is 10.9. The second-order valence-corrected chi connectivity index (χ2v) is 5.45. The summed E-state index contributed by atoms with van der Waals surface area (Å²) in [7, 11) is 0. The van der Waals surface area contributed by atoms with Gasteiger partial charge in [0.05, 0.1) is 0 Å². The number of hydrogen-bond acceptors (Lipinski definition) is 5. The lowest BCUT2D eigenvalue weighted by molar-refractivity contribution is -0.146. The molecular weight excluding hydrogens is 322 g/mol. The molecule has 1 aliphatic heterocycles. The van der Waals surface area contributed by atoms with E-state index >= 15 is 0 Å². The van der Waals surface area contributed by atoms with Crippen LogP contribution in [0, 0.1) is 6.92 Å². The van der Waals surface area contributed by atoms with Gasteiger partial charge >= 0.3 is 5.97 Å². The number of nitrogens with one attached hydrogen (secondary N) is 2. The SMILES string of the molecule is Cc1c(Cl)cccc1NC(=O)[C@H](C)OC(=O)C1=NNC(=O)CC1. The summed E-state index contributed by atoms with van der Waals surface area (Å²) in [5, 5.41) is 6.81. The highest BCUT2D eigenvalue weighted by Crippen LogP contribution is 2.23. The van der Waals surface area contributed by atoms with Gasteiger partial charge in [0.25, 0.3) is 5.91 Å². The average molecular weight is 338 g/mol. The Hall–Kier alpha value is -2.41. The van der Waals surface area contributed by atoms with Gasteiger partial charge < -0.3 is 10.1 Å². The second-order valence-electron chi connectivity index (χ2n) is 5.04. The molecule has 2 amide bonds. The molecule has 0 saturated carbocycles. The van der Waals surface area contributed by atoms with Crippen molar-refractivity contribution in [2.75, 3.05) is 5.32 Å². The molecule has 0 spiro atoms. The van der Waals surface area contributed by atoms with Gasteiger partial charge in [-0.05, 0) is 31.5 Å². The van der Waals surface area contributed by atoms with Crippen molar-refractivity contribution >= 4 is 40.8 Å². The molecule has 23 heavy (non-hydrogen) atoms. The van der Waals surface area contributed by atoms with E-state index in [0.29, 0.717) is 10.7 Å². The molecule has 8 heteroatoms. The molecule has 2 N–H and O–H groups in total. The Morgan fingerprint density at radius 1 is 1.39 bits per heavy atom. The zero-order valence-corrected chi connectivity index (χ0v) is 13.4. The number of rotatable bonds is 4. The van der Waals surface area contributed by atoms with Crippen molar-refractivity contribution in [3.05, 3.63) is 28.8 Å². The third-order valence-electron chi connectivity index (χ3n) is 3.32. The molecule has 1 aliphatic rings. The number of hydrazone groups is 1. The van der Waals surface area contributed by atoms with E-state index in [0.717, 1.165) is 5.56 Å². The Labute approximate surface area is 138 Å². The molecule has 1 aromatic carbocycles. The normalized spacial score (nSPS) is 15.3. The third kappa shape index (κ3) is 4.29. The van der Waals surface area contributed by atoms with Gasteiger partial charge in [0.1, 0.15) is 5.71 Å². The van der Waals surface area contributed by atoms with Crippen LogP contribution < -0.4 is 10.7 Å². The Balaban J connectivity index is 1.96. The summed E-state index contributed by atoms with van der Waals surface area (Å²) in [6.07, 6.45) is -0.663. The van der Waals surface area contributed by atoms with Gasteiger partial charge in [-0.1, -0.05) is 17.7 Å². The van der Waals surface area contributed by atoms with E-state index in [1.807, 2.05) is 0 Å². The molecule has 0 bridgehead atoms. The van der Waals surface area contributed by atoms with E-state index in [-0.39, 0.29) is 24.5 Å². The van der Waals surface area contributed by atoms with Gasteiger partial charge in [-0.25, -0.2) is 10.2 Å². The van der Waals surface area contributed by atoms with Crippen LogP contribution in [0.4, 0.5) is 5.69 Å². The van der Waals surface area contributed by atoms with Gasteiger partial charge in [0.2, 0.25) is 5.91 Å². The Morgan fingerprint density at radius 3 is 2.78 bits per heavy atom. The number of benzene rings is 1. The molecule has 1 atom stereocenters. The van der Waals surface area contributed by atoms with Crippen LogP contribution in [-0.4, -0.2) is 29.6 Å². The number of esters is 1.